The Morgan fingerprint density at radius 1 is 0.227 bits per heavy atom. The number of halogens is 12. The first-order valence-electron chi connectivity index (χ1n) is 5.62. The van der Waals surface area contributed by atoms with Crippen molar-refractivity contribution < 1.29 is 0 Å². The molecule has 0 saturated heterocycles. The van der Waals surface area contributed by atoms with Crippen LogP contribution >= 0.6 is 138 Å². The van der Waals surface area contributed by atoms with Crippen LogP contribution in [0.1, 0.15) is 0 Å². The van der Waals surface area contributed by atoms with E-state index >= 15 is 0 Å². The number of hydrogen-bond acceptors (Lipinski definition) is 0. The van der Waals surface area contributed by atoms with Gasteiger partial charge in [-0.15, -0.1) is 0 Å². The molecule has 22 heteroatoms. The molecule has 0 saturated carbocycles. The van der Waals surface area contributed by atoms with E-state index in [0.717, 1.165) is 0 Å². The second-order valence-corrected chi connectivity index (χ2v) is 10.6. The second-order valence-electron chi connectivity index (χ2n) is 4.22. The molecule has 22 heavy (non-hydrogen) atoms. The van der Waals surface area contributed by atoms with E-state index in [9.17, 15) is 0 Å². The van der Waals surface area contributed by atoms with E-state index < -0.39 is 58.1 Å². The maximum absolute atomic E-state index is 6.20. The molecule has 0 aliphatic rings. The molecule has 0 aliphatic heterocycles. The van der Waals surface area contributed by atoms with Crippen LogP contribution in [0.5, 0.6) is 0 Å². The monoisotopic (exact) mass is 530 g/mol. The van der Waals surface area contributed by atoms with E-state index in [0.29, 0.717) is 0 Å². The first kappa shape index (κ1) is 26.1. The summed E-state index contributed by atoms with van der Waals surface area (Å²) in [6, 6.07) is 0. The van der Waals surface area contributed by atoms with Crippen molar-refractivity contribution in [3.63, 3.8) is 0 Å². The summed E-state index contributed by atoms with van der Waals surface area (Å²) in [5.74, 6) is -6.93. The van der Waals surface area contributed by atoms with Gasteiger partial charge in [0.25, 0.3) is 0 Å². The molecule has 0 N–H and O–H groups in total. The lowest BCUT2D eigenvalue weighted by molar-refractivity contribution is 3.41. The minimum absolute atomic E-state index is 0.839. The van der Waals surface area contributed by atoms with Crippen molar-refractivity contribution in [2.75, 3.05) is 0 Å². The molecule has 0 aromatic heterocycles. The van der Waals surface area contributed by atoms with E-state index in [2.05, 4.69) is 0 Å². The van der Waals surface area contributed by atoms with E-state index in [4.69, 9.17) is 138 Å². The van der Waals surface area contributed by atoms with Gasteiger partial charge in [-0.05, 0) is 0 Å². The third-order valence-electron chi connectivity index (χ3n) is 2.61. The van der Waals surface area contributed by atoms with E-state index in [1.165, 1.54) is 0 Å². The fraction of sp³-hybridized carbons (Fsp3) is 0. The molecule has 0 aromatic rings. The van der Waals surface area contributed by atoms with Crippen LogP contribution in [0, 0.1) is 0 Å². The van der Waals surface area contributed by atoms with Crippen LogP contribution in [0.3, 0.4) is 0 Å². The molecule has 0 spiro atoms. The van der Waals surface area contributed by atoms with Gasteiger partial charge >= 0.3 is 10.9 Å². The van der Waals surface area contributed by atoms with Crippen molar-refractivity contribution >= 4 is 196 Å². The molecular weight excluding hydrogens is 534 g/mol. The van der Waals surface area contributed by atoms with Gasteiger partial charge in [0.15, 0.2) is 0 Å². The Kier molecular flexibility index (Phi) is 14.9. The van der Waals surface area contributed by atoms with Gasteiger partial charge in [0.1, 0.15) is 0 Å². The third kappa shape index (κ3) is 8.02. The standard InChI is InChI=1S/B10Cl12/c11-1(3(13)5(15)7(17)9(19)20)2(12)4(14)6(16)8(18)10(21)22. The van der Waals surface area contributed by atoms with Crippen molar-refractivity contribution in [3.8, 4) is 0 Å². The van der Waals surface area contributed by atoms with Gasteiger partial charge in [-0.3, -0.25) is 0 Å². The summed E-state index contributed by atoms with van der Waals surface area (Å²) in [6.07, 6.45) is 0. The Labute approximate surface area is 193 Å². The molecule has 0 aliphatic carbocycles. The largest absolute Gasteiger partial charge is 0.329 e. The molecule has 0 atom stereocenters. The zero-order valence-corrected chi connectivity index (χ0v) is 19.4. The van der Waals surface area contributed by atoms with Crippen molar-refractivity contribution in [1.82, 2.24) is 0 Å². The number of hydrogen-bond donors (Lipinski definition) is 0. The van der Waals surface area contributed by atoms with E-state index in [-0.39, 0.29) is 0 Å². The first-order chi connectivity index (χ1) is 9.93. The predicted octanol–water partition coefficient (Wildman–Crippen LogP) is 4.47. The highest BCUT2D eigenvalue weighted by Gasteiger charge is 2.54. The van der Waals surface area contributed by atoms with Crippen LogP contribution in [0.2, 0.25) is 0 Å². The Morgan fingerprint density at radius 3 is 0.500 bits per heavy atom. The lowest BCUT2D eigenvalue weighted by Gasteiger charge is -2.21. The van der Waals surface area contributed by atoms with Crippen molar-refractivity contribution in [2.45, 2.75) is 0 Å². The van der Waals surface area contributed by atoms with Crippen LogP contribution in [0.4, 0.5) is 0 Å². The van der Waals surface area contributed by atoms with Crippen molar-refractivity contribution in [3.05, 3.63) is 0 Å². The molecule has 0 amide bonds. The maximum atomic E-state index is 6.20. The zero-order valence-electron chi connectivity index (χ0n) is 10.3. The van der Waals surface area contributed by atoms with Crippen LogP contribution < -0.4 is 0 Å². The van der Waals surface area contributed by atoms with Crippen LogP contribution in [-0.2, 0) is 0 Å². The smallest absolute Gasteiger partial charge is 0.214 e. The summed E-state index contributed by atoms with van der Waals surface area (Å²) in [4.78, 5) is 0. The molecule has 0 rings (SSSR count). The zero-order chi connectivity index (χ0) is 17.8. The normalized spacial score (nSPS) is 9.82. The molecule has 0 heterocycles. The van der Waals surface area contributed by atoms with Gasteiger partial charge in [-0.25, -0.2) is 91.7 Å². The van der Waals surface area contributed by atoms with Gasteiger partial charge in [-0.2, -0.15) is 45.8 Å². The maximum Gasteiger partial charge on any atom is 0.329 e. The fourth-order valence-corrected chi connectivity index (χ4v) is 4.88. The average molecular weight is 534 g/mol. The molecule has 0 fully saturated rings. The summed E-state index contributed by atoms with van der Waals surface area (Å²) >= 11 is 71.5. The Morgan fingerprint density at radius 2 is 0.364 bits per heavy atom. The summed E-state index contributed by atoms with van der Waals surface area (Å²) in [5.41, 5.74) is -1.87. The van der Waals surface area contributed by atoms with Crippen molar-refractivity contribution in [2.24, 2.45) is 0 Å². The molecular formula is B10Cl12. The Balaban J connectivity index is 4.86. The predicted molar refractivity (Wildman–Crippen MR) is 128 cm³/mol. The summed E-state index contributed by atoms with van der Waals surface area (Å²) < 4.78 is 0. The third-order valence-corrected chi connectivity index (χ3v) is 9.42. The van der Waals surface area contributed by atoms with Crippen LogP contribution in [0.15, 0.2) is 0 Å². The highest BCUT2D eigenvalue weighted by atomic mass is 35.5. The molecule has 0 unspecified atom stereocenters. The highest BCUT2D eigenvalue weighted by Crippen LogP contribution is 2.24. The van der Waals surface area contributed by atoms with E-state index in [1.807, 2.05) is 0 Å². The SMILES string of the molecule is ClB(Cl)B(Cl)B(Cl)B(Cl)B(Cl)B(Cl)B(Cl)B(Cl)B(Cl)B(Cl)Cl. The molecule has 114 valence electrons. The van der Waals surface area contributed by atoms with E-state index in [1.54, 1.807) is 0 Å². The topological polar surface area (TPSA) is 0 Å². The number of rotatable bonds is 9. The second kappa shape index (κ2) is 12.6. The highest BCUT2D eigenvalue weighted by molar-refractivity contribution is 8.14. The van der Waals surface area contributed by atoms with Gasteiger partial charge in [-0.1, -0.05) is 0 Å². The summed E-state index contributed by atoms with van der Waals surface area (Å²) in [6.45, 7) is 0. The minimum atomic E-state index is -0.934. The Bertz CT molecular complexity index is 282. The molecule has 0 aromatic carbocycles. The van der Waals surface area contributed by atoms with Gasteiger partial charge in [0.05, 0.1) is 0 Å². The van der Waals surface area contributed by atoms with Gasteiger partial charge in [0, 0.05) is 0 Å². The molecule has 0 nitrogen and oxygen atoms in total. The van der Waals surface area contributed by atoms with Gasteiger partial charge < -0.3 is 0 Å². The minimum Gasteiger partial charge on any atom is -0.214 e. The molecule has 0 radical (unpaired) electrons. The van der Waals surface area contributed by atoms with Crippen LogP contribution in [0.25, 0.3) is 0 Å². The quantitative estimate of drug-likeness (QED) is 0.384. The van der Waals surface area contributed by atoms with Crippen molar-refractivity contribution in [1.29, 1.82) is 0 Å². The van der Waals surface area contributed by atoms with Gasteiger partial charge in [0.2, 0.25) is 47.3 Å². The molecule has 0 bridgehead atoms. The first-order valence-corrected chi connectivity index (χ1v) is 10.9. The Hall–Kier alpha value is 4.13. The van der Waals surface area contributed by atoms with Crippen LogP contribution in [-0.4, -0.2) is 58.1 Å². The fourth-order valence-electron chi connectivity index (χ4n) is 1.33. The summed E-state index contributed by atoms with van der Waals surface area (Å²) in [5, 5.41) is 0. The average Bonchev–Trinajstić information content (AvgIpc) is 2.48. The lowest BCUT2D eigenvalue weighted by atomic mass is 8.86. The summed E-state index contributed by atoms with van der Waals surface area (Å²) in [7, 11) is 0. The lowest BCUT2D eigenvalue weighted by Crippen LogP contribution is -2.61.